The van der Waals surface area contributed by atoms with Crippen LogP contribution in [-0.4, -0.2) is 51.9 Å². The number of carbonyl (C=O) groups is 3. The monoisotopic (exact) mass is 336 g/mol. The van der Waals surface area contributed by atoms with Gasteiger partial charge < -0.3 is 15.3 Å². The van der Waals surface area contributed by atoms with Crippen LogP contribution in [0.4, 0.5) is 0 Å². The predicted octanol–water partition coefficient (Wildman–Crippen LogP) is 1.03. The Kier molecular flexibility index (Phi) is 6.04. The second-order valence-electron chi connectivity index (χ2n) is 5.54. The van der Waals surface area contributed by atoms with Crippen LogP contribution in [0.2, 0.25) is 0 Å². The molecule has 124 valence electrons. The lowest BCUT2D eigenvalue weighted by molar-refractivity contribution is -0.134. The van der Waals surface area contributed by atoms with Gasteiger partial charge in [0.05, 0.1) is 11.5 Å². The van der Waals surface area contributed by atoms with Crippen LogP contribution in [0.1, 0.15) is 17.5 Å². The first-order valence-corrected chi connectivity index (χ1v) is 8.54. The molecular weight excluding hydrogens is 316 g/mol. The molecule has 23 heavy (non-hydrogen) atoms. The summed E-state index contributed by atoms with van der Waals surface area (Å²) in [5, 5.41) is 11.2. The third-order valence-corrected chi connectivity index (χ3v) is 4.50. The van der Waals surface area contributed by atoms with E-state index in [9.17, 15) is 14.4 Å². The fourth-order valence-corrected chi connectivity index (χ4v) is 2.96. The van der Waals surface area contributed by atoms with Gasteiger partial charge in [0.1, 0.15) is 6.04 Å². The Hall–Kier alpha value is -2.02. The number of rotatable bonds is 7. The van der Waals surface area contributed by atoms with E-state index in [1.54, 1.807) is 4.90 Å². The highest BCUT2D eigenvalue weighted by Crippen LogP contribution is 2.16. The summed E-state index contributed by atoms with van der Waals surface area (Å²) in [4.78, 5) is 36.2. The lowest BCUT2D eigenvalue weighted by Gasteiger charge is -2.17. The van der Waals surface area contributed by atoms with E-state index in [2.05, 4.69) is 5.32 Å². The normalized spacial score (nSPS) is 17.3. The molecule has 0 radical (unpaired) electrons. The zero-order valence-corrected chi connectivity index (χ0v) is 13.8. The first-order chi connectivity index (χ1) is 11.0. The standard InChI is InChI=1S/C16H20N2O4S/c1-11-2-4-12(5-3-11)8-18-7-6-13(16(18)22)17-14(19)9-23-10-15(20)21/h2-5,13H,6-10H2,1H3,(H,17,19)(H,20,21). The van der Waals surface area contributed by atoms with E-state index in [0.717, 1.165) is 17.3 Å². The molecule has 2 N–H and O–H groups in total. The molecule has 6 nitrogen and oxygen atoms in total. The van der Waals surface area contributed by atoms with Crippen LogP contribution >= 0.6 is 11.8 Å². The van der Waals surface area contributed by atoms with Crippen LogP contribution in [-0.2, 0) is 20.9 Å². The van der Waals surface area contributed by atoms with Crippen molar-refractivity contribution in [2.75, 3.05) is 18.1 Å². The van der Waals surface area contributed by atoms with Crippen LogP contribution in [0, 0.1) is 6.92 Å². The number of carboxylic acid groups (broad SMARTS) is 1. The van der Waals surface area contributed by atoms with E-state index < -0.39 is 12.0 Å². The maximum Gasteiger partial charge on any atom is 0.313 e. The van der Waals surface area contributed by atoms with E-state index >= 15 is 0 Å². The number of amides is 2. The Morgan fingerprint density at radius 2 is 2.00 bits per heavy atom. The van der Waals surface area contributed by atoms with Gasteiger partial charge in [0.25, 0.3) is 0 Å². The smallest absolute Gasteiger partial charge is 0.313 e. The third-order valence-electron chi connectivity index (χ3n) is 3.59. The second kappa shape index (κ2) is 8.01. The van der Waals surface area contributed by atoms with Gasteiger partial charge in [-0.1, -0.05) is 29.8 Å². The molecule has 1 atom stereocenters. The molecule has 1 saturated heterocycles. The van der Waals surface area contributed by atoms with Crippen molar-refractivity contribution in [2.45, 2.75) is 25.9 Å². The van der Waals surface area contributed by atoms with Crippen molar-refractivity contribution in [1.82, 2.24) is 10.2 Å². The highest BCUT2D eigenvalue weighted by Gasteiger charge is 2.32. The lowest BCUT2D eigenvalue weighted by Crippen LogP contribution is -2.42. The van der Waals surface area contributed by atoms with E-state index in [-0.39, 0.29) is 23.3 Å². The van der Waals surface area contributed by atoms with Crippen molar-refractivity contribution in [3.8, 4) is 0 Å². The summed E-state index contributed by atoms with van der Waals surface area (Å²) >= 11 is 1.02. The summed E-state index contributed by atoms with van der Waals surface area (Å²) in [6.07, 6.45) is 0.583. The minimum Gasteiger partial charge on any atom is -0.481 e. The van der Waals surface area contributed by atoms with Gasteiger partial charge in [-0.05, 0) is 18.9 Å². The Balaban J connectivity index is 1.80. The zero-order chi connectivity index (χ0) is 16.8. The Bertz CT molecular complexity index is 588. The maximum atomic E-state index is 12.3. The Labute approximate surface area is 139 Å². The summed E-state index contributed by atoms with van der Waals surface area (Å²) in [6.45, 7) is 3.16. The van der Waals surface area contributed by atoms with Gasteiger partial charge in [-0.15, -0.1) is 11.8 Å². The number of carbonyl (C=O) groups excluding carboxylic acids is 2. The molecule has 2 rings (SSSR count). The summed E-state index contributed by atoms with van der Waals surface area (Å²) in [5.41, 5.74) is 2.23. The third kappa shape index (κ3) is 5.28. The van der Waals surface area contributed by atoms with Gasteiger partial charge >= 0.3 is 5.97 Å². The number of likely N-dealkylation sites (tertiary alicyclic amines) is 1. The number of nitrogens with zero attached hydrogens (tertiary/aromatic N) is 1. The average molecular weight is 336 g/mol. The molecule has 1 unspecified atom stereocenters. The molecule has 0 aromatic heterocycles. The fraction of sp³-hybridized carbons (Fsp3) is 0.438. The molecular formula is C16H20N2O4S. The van der Waals surface area contributed by atoms with E-state index in [1.165, 1.54) is 5.56 Å². The van der Waals surface area contributed by atoms with Crippen molar-refractivity contribution in [3.63, 3.8) is 0 Å². The highest BCUT2D eigenvalue weighted by molar-refractivity contribution is 8.00. The van der Waals surface area contributed by atoms with Gasteiger partial charge in [-0.2, -0.15) is 0 Å². The second-order valence-corrected chi connectivity index (χ2v) is 6.53. The van der Waals surface area contributed by atoms with E-state index in [0.29, 0.717) is 19.5 Å². The first-order valence-electron chi connectivity index (χ1n) is 7.39. The maximum absolute atomic E-state index is 12.3. The van der Waals surface area contributed by atoms with Gasteiger partial charge in [0.15, 0.2) is 0 Å². The summed E-state index contributed by atoms with van der Waals surface area (Å²) in [6, 6.07) is 7.51. The van der Waals surface area contributed by atoms with Crippen LogP contribution in [0.25, 0.3) is 0 Å². The lowest BCUT2D eigenvalue weighted by atomic mass is 10.1. The summed E-state index contributed by atoms with van der Waals surface area (Å²) in [5.74, 6) is -1.41. The van der Waals surface area contributed by atoms with Gasteiger partial charge in [0.2, 0.25) is 11.8 Å². The van der Waals surface area contributed by atoms with E-state index in [1.807, 2.05) is 31.2 Å². The molecule has 0 spiro atoms. The Morgan fingerprint density at radius 3 is 2.65 bits per heavy atom. The Morgan fingerprint density at radius 1 is 1.30 bits per heavy atom. The molecule has 1 aliphatic heterocycles. The predicted molar refractivity (Wildman–Crippen MR) is 88.1 cm³/mol. The minimum atomic E-state index is -0.955. The minimum absolute atomic E-state index is 0.0496. The van der Waals surface area contributed by atoms with Crippen LogP contribution in [0.15, 0.2) is 24.3 Å². The number of nitrogens with one attached hydrogen (secondary N) is 1. The van der Waals surface area contributed by atoms with Crippen molar-refractivity contribution in [1.29, 1.82) is 0 Å². The highest BCUT2D eigenvalue weighted by atomic mass is 32.2. The van der Waals surface area contributed by atoms with Crippen LogP contribution in [0.5, 0.6) is 0 Å². The number of carboxylic acids is 1. The quantitative estimate of drug-likeness (QED) is 0.777. The topological polar surface area (TPSA) is 86.7 Å². The van der Waals surface area contributed by atoms with Crippen molar-refractivity contribution in [3.05, 3.63) is 35.4 Å². The SMILES string of the molecule is Cc1ccc(CN2CCC(NC(=O)CSCC(=O)O)C2=O)cc1. The molecule has 1 aliphatic rings. The number of benzene rings is 1. The average Bonchev–Trinajstić information content (AvgIpc) is 2.82. The van der Waals surface area contributed by atoms with Crippen LogP contribution in [0.3, 0.4) is 0 Å². The molecule has 0 bridgehead atoms. The van der Waals surface area contributed by atoms with Crippen molar-refractivity contribution >= 4 is 29.5 Å². The number of thioether (sulfide) groups is 1. The largest absolute Gasteiger partial charge is 0.481 e. The molecule has 7 heteroatoms. The number of aryl methyl sites for hydroxylation is 1. The van der Waals surface area contributed by atoms with E-state index in [4.69, 9.17) is 5.11 Å². The molecule has 1 aromatic carbocycles. The molecule has 0 aliphatic carbocycles. The molecule has 0 saturated carbocycles. The van der Waals surface area contributed by atoms with Crippen molar-refractivity contribution < 1.29 is 19.5 Å². The molecule has 1 aromatic rings. The fourth-order valence-electron chi connectivity index (χ4n) is 2.41. The number of aliphatic carboxylic acids is 1. The van der Waals surface area contributed by atoms with Gasteiger partial charge in [-0.25, -0.2) is 0 Å². The molecule has 1 heterocycles. The first kappa shape index (κ1) is 17.3. The molecule has 2 amide bonds. The van der Waals surface area contributed by atoms with Gasteiger partial charge in [-0.3, -0.25) is 14.4 Å². The number of hydrogen-bond acceptors (Lipinski definition) is 4. The number of hydrogen-bond donors (Lipinski definition) is 2. The molecule has 1 fully saturated rings. The van der Waals surface area contributed by atoms with Gasteiger partial charge in [0, 0.05) is 13.1 Å². The summed E-state index contributed by atoms with van der Waals surface area (Å²) < 4.78 is 0. The zero-order valence-electron chi connectivity index (χ0n) is 12.9. The summed E-state index contributed by atoms with van der Waals surface area (Å²) in [7, 11) is 0. The van der Waals surface area contributed by atoms with Crippen molar-refractivity contribution in [2.24, 2.45) is 0 Å². The van der Waals surface area contributed by atoms with Crippen LogP contribution < -0.4 is 5.32 Å².